The summed E-state index contributed by atoms with van der Waals surface area (Å²) in [5.41, 5.74) is 1.60. The van der Waals surface area contributed by atoms with Crippen LogP contribution >= 0.6 is 0 Å². The Morgan fingerprint density at radius 1 is 0.759 bits per heavy atom. The molecule has 0 bridgehead atoms. The van der Waals surface area contributed by atoms with Crippen LogP contribution in [0, 0.1) is 5.92 Å². The molecule has 142 valence electrons. The van der Waals surface area contributed by atoms with Crippen LogP contribution < -0.4 is 0 Å². The van der Waals surface area contributed by atoms with Gasteiger partial charge in [0.15, 0.2) is 5.78 Å². The van der Waals surface area contributed by atoms with E-state index < -0.39 is 18.1 Å². The fourth-order valence-corrected chi connectivity index (χ4v) is 4.13. The highest BCUT2D eigenvalue weighted by molar-refractivity contribution is 5.94. The highest BCUT2D eigenvalue weighted by Crippen LogP contribution is 2.40. The predicted octanol–water partition coefficient (Wildman–Crippen LogP) is 5.50. The molecule has 0 amide bonds. The largest absolute Gasteiger partial charge is 0.492 e. The van der Waals surface area contributed by atoms with Gasteiger partial charge in [-0.25, -0.2) is 0 Å². The first kappa shape index (κ1) is 17.7. The van der Waals surface area contributed by atoms with Crippen LogP contribution in [-0.4, -0.2) is 10.9 Å². The maximum Gasteiger partial charge on any atom is 0.168 e. The Bertz CT molecular complexity index is 1240. The molecule has 1 N–H and O–H groups in total. The molecular weight excluding hydrogens is 360 g/mol. The Morgan fingerprint density at radius 2 is 1.38 bits per heavy atom. The van der Waals surface area contributed by atoms with Crippen molar-refractivity contribution in [1.82, 2.24) is 0 Å². The van der Waals surface area contributed by atoms with Crippen molar-refractivity contribution in [1.29, 1.82) is 0 Å². The molecule has 1 heterocycles. The minimum absolute atomic E-state index is 0.130. The number of carbonyl (C=O) groups excluding carboxylic acids is 1. The molecule has 0 radical (unpaired) electrons. The number of ketones is 1. The summed E-state index contributed by atoms with van der Waals surface area (Å²) in [6, 6.07) is 27.9. The molecule has 0 unspecified atom stereocenters. The van der Waals surface area contributed by atoms with E-state index in [0.29, 0.717) is 5.56 Å². The van der Waals surface area contributed by atoms with Gasteiger partial charge in [0, 0.05) is 6.08 Å². The third-order valence-corrected chi connectivity index (χ3v) is 5.67. The molecule has 5 rings (SSSR count). The van der Waals surface area contributed by atoms with Gasteiger partial charge >= 0.3 is 0 Å². The number of benzene rings is 4. The van der Waals surface area contributed by atoms with E-state index in [1.165, 1.54) is 12.3 Å². The summed E-state index contributed by atoms with van der Waals surface area (Å²) in [5.74, 6) is -0.836. The molecule has 1 aliphatic heterocycles. The van der Waals surface area contributed by atoms with E-state index in [2.05, 4.69) is 0 Å². The van der Waals surface area contributed by atoms with E-state index in [4.69, 9.17) is 4.74 Å². The van der Waals surface area contributed by atoms with Crippen molar-refractivity contribution >= 4 is 27.3 Å². The van der Waals surface area contributed by atoms with Gasteiger partial charge in [-0.3, -0.25) is 4.79 Å². The number of rotatable bonds is 3. The lowest BCUT2D eigenvalue weighted by Gasteiger charge is -2.32. The van der Waals surface area contributed by atoms with Crippen LogP contribution in [0.1, 0.15) is 23.3 Å². The van der Waals surface area contributed by atoms with Gasteiger partial charge in [0.25, 0.3) is 0 Å². The molecule has 4 aromatic carbocycles. The molecule has 0 spiro atoms. The maximum atomic E-state index is 12.8. The quantitative estimate of drug-likeness (QED) is 0.511. The van der Waals surface area contributed by atoms with Gasteiger partial charge < -0.3 is 9.84 Å². The van der Waals surface area contributed by atoms with E-state index in [0.717, 1.165) is 27.1 Å². The predicted molar refractivity (Wildman–Crippen MR) is 114 cm³/mol. The minimum atomic E-state index is -0.964. The van der Waals surface area contributed by atoms with E-state index >= 15 is 0 Å². The topological polar surface area (TPSA) is 46.5 Å². The Kier molecular flexibility index (Phi) is 4.38. The van der Waals surface area contributed by atoms with Crippen LogP contribution in [0.2, 0.25) is 0 Å². The molecule has 3 nitrogen and oxygen atoms in total. The lowest BCUT2D eigenvalue weighted by molar-refractivity contribution is -0.130. The molecule has 29 heavy (non-hydrogen) atoms. The van der Waals surface area contributed by atoms with Crippen molar-refractivity contribution in [2.24, 2.45) is 5.92 Å². The molecule has 0 saturated carbocycles. The number of carbonyl (C=O) groups is 1. The summed E-state index contributed by atoms with van der Waals surface area (Å²) in [7, 11) is 0. The number of hydrogen-bond donors (Lipinski definition) is 1. The second-order valence-electron chi connectivity index (χ2n) is 7.45. The van der Waals surface area contributed by atoms with Crippen LogP contribution in [0.3, 0.4) is 0 Å². The van der Waals surface area contributed by atoms with Gasteiger partial charge in [0.05, 0.1) is 18.3 Å². The molecule has 3 heteroatoms. The summed E-state index contributed by atoms with van der Waals surface area (Å²) < 4.78 is 5.86. The van der Waals surface area contributed by atoms with E-state index in [1.807, 2.05) is 84.9 Å². The standard InChI is InChI=1S/C26H20O3/c27-23-13-14-29-26(22-12-10-18-6-2-4-8-20(18)16-22)24(23)25(28)21-11-9-17-5-1-3-7-19(17)15-21/h1-16,24-26,28H/t24-,25+,26-/m0/s1. The number of ether oxygens (including phenoxy) is 1. The first-order valence-electron chi connectivity index (χ1n) is 9.72. The number of allylic oxidation sites excluding steroid dienone is 1. The minimum Gasteiger partial charge on any atom is -0.492 e. The monoisotopic (exact) mass is 380 g/mol. The summed E-state index contributed by atoms with van der Waals surface area (Å²) in [5, 5.41) is 15.5. The number of hydrogen-bond acceptors (Lipinski definition) is 3. The van der Waals surface area contributed by atoms with Crippen molar-refractivity contribution in [2.45, 2.75) is 12.2 Å². The molecule has 1 aliphatic rings. The van der Waals surface area contributed by atoms with Crippen molar-refractivity contribution in [2.75, 3.05) is 0 Å². The Labute approximate surface area is 168 Å². The van der Waals surface area contributed by atoms with Crippen LogP contribution in [-0.2, 0) is 9.53 Å². The molecule has 0 saturated heterocycles. The molecule has 0 aliphatic carbocycles. The zero-order chi connectivity index (χ0) is 19.8. The van der Waals surface area contributed by atoms with Crippen molar-refractivity contribution < 1.29 is 14.6 Å². The van der Waals surface area contributed by atoms with Gasteiger partial charge in [-0.15, -0.1) is 0 Å². The average molecular weight is 380 g/mol. The van der Waals surface area contributed by atoms with Crippen molar-refractivity contribution in [3.05, 3.63) is 108 Å². The van der Waals surface area contributed by atoms with Crippen LogP contribution in [0.4, 0.5) is 0 Å². The van der Waals surface area contributed by atoms with Gasteiger partial charge in [-0.2, -0.15) is 0 Å². The van der Waals surface area contributed by atoms with E-state index in [1.54, 1.807) is 0 Å². The fraction of sp³-hybridized carbons (Fsp3) is 0.115. The van der Waals surface area contributed by atoms with E-state index in [-0.39, 0.29) is 5.78 Å². The Balaban J connectivity index is 1.55. The van der Waals surface area contributed by atoms with Gasteiger partial charge in [-0.05, 0) is 44.8 Å². The van der Waals surface area contributed by atoms with Crippen LogP contribution in [0.15, 0.2) is 97.3 Å². The highest BCUT2D eigenvalue weighted by Gasteiger charge is 2.38. The summed E-state index contributed by atoms with van der Waals surface area (Å²) >= 11 is 0. The number of fused-ring (bicyclic) bond motifs is 2. The molecule has 3 atom stereocenters. The Hall–Kier alpha value is -3.43. The summed E-state index contributed by atoms with van der Waals surface area (Å²) in [6.45, 7) is 0. The van der Waals surface area contributed by atoms with Crippen molar-refractivity contribution in [3.8, 4) is 0 Å². The number of aliphatic hydroxyl groups is 1. The van der Waals surface area contributed by atoms with Gasteiger partial charge in [0.2, 0.25) is 0 Å². The molecule has 0 fully saturated rings. The van der Waals surface area contributed by atoms with E-state index in [9.17, 15) is 9.90 Å². The highest BCUT2D eigenvalue weighted by atomic mass is 16.5. The van der Waals surface area contributed by atoms with Gasteiger partial charge in [-0.1, -0.05) is 72.8 Å². The zero-order valence-corrected chi connectivity index (χ0v) is 15.7. The van der Waals surface area contributed by atoms with Crippen molar-refractivity contribution in [3.63, 3.8) is 0 Å². The first-order chi connectivity index (χ1) is 14.2. The third-order valence-electron chi connectivity index (χ3n) is 5.67. The second-order valence-corrected chi connectivity index (χ2v) is 7.45. The summed E-state index contributed by atoms with van der Waals surface area (Å²) in [4.78, 5) is 12.8. The normalized spacial score (nSPS) is 20.0. The first-order valence-corrected chi connectivity index (χ1v) is 9.72. The SMILES string of the molecule is O=C1C=CO[C@@H](c2ccc3ccccc3c2)[C@@H]1[C@H](O)c1ccc2ccccc2c1. The zero-order valence-electron chi connectivity index (χ0n) is 15.7. The fourth-order valence-electron chi connectivity index (χ4n) is 4.13. The maximum absolute atomic E-state index is 12.8. The Morgan fingerprint density at radius 3 is 2.10 bits per heavy atom. The van der Waals surface area contributed by atoms with Crippen LogP contribution in [0.25, 0.3) is 21.5 Å². The second kappa shape index (κ2) is 7.19. The lowest BCUT2D eigenvalue weighted by atomic mass is 9.82. The molecule has 4 aromatic rings. The van der Waals surface area contributed by atoms with Gasteiger partial charge in [0.1, 0.15) is 6.10 Å². The number of aliphatic hydroxyl groups excluding tert-OH is 1. The average Bonchev–Trinajstić information content (AvgIpc) is 2.78. The third kappa shape index (κ3) is 3.20. The molecular formula is C26H20O3. The summed E-state index contributed by atoms with van der Waals surface area (Å²) in [6.07, 6.45) is 1.34. The molecule has 0 aromatic heterocycles. The smallest absolute Gasteiger partial charge is 0.168 e. The lowest BCUT2D eigenvalue weighted by Crippen LogP contribution is -2.31. The van der Waals surface area contributed by atoms with Crippen LogP contribution in [0.5, 0.6) is 0 Å².